The number of nitrogen functional groups attached to an aromatic ring is 1. The van der Waals surface area contributed by atoms with Crippen molar-refractivity contribution < 1.29 is 4.79 Å². The fraction of sp³-hybridized carbons (Fsp3) is 0.278. The first-order valence-electron chi connectivity index (χ1n) is 7.41. The van der Waals surface area contributed by atoms with E-state index in [2.05, 4.69) is 27.3 Å². The molecule has 1 atom stereocenters. The van der Waals surface area contributed by atoms with E-state index in [-0.39, 0.29) is 11.8 Å². The number of halogens is 1. The molecule has 3 N–H and O–H groups in total. The van der Waals surface area contributed by atoms with Crippen LogP contribution in [0.25, 0.3) is 0 Å². The molecule has 0 spiro atoms. The predicted octanol–water partition coefficient (Wildman–Crippen LogP) is 4.55. The number of nitrogens with one attached hydrogen (secondary N) is 1. The van der Waals surface area contributed by atoms with Gasteiger partial charge in [0.1, 0.15) is 0 Å². The van der Waals surface area contributed by atoms with E-state index in [0.29, 0.717) is 5.69 Å². The largest absolute Gasteiger partial charge is 0.399 e. The molecule has 1 amide bonds. The molecule has 2 rings (SSSR count). The molecule has 3 nitrogen and oxygen atoms in total. The van der Waals surface area contributed by atoms with Gasteiger partial charge in [0, 0.05) is 21.8 Å². The highest BCUT2D eigenvalue weighted by Gasteiger charge is 2.18. The van der Waals surface area contributed by atoms with Gasteiger partial charge < -0.3 is 11.1 Å². The monoisotopic (exact) mass is 360 g/mol. The van der Waals surface area contributed by atoms with E-state index < -0.39 is 0 Å². The van der Waals surface area contributed by atoms with Gasteiger partial charge in [-0.05, 0) is 55.2 Å². The number of carbonyl (C=O) groups is 1. The standard InChI is InChI=1S/C18H21BrN2O/c1-3-14(9-13-5-4-6-15(19)10-13)18(22)21-17-11-16(20)8-7-12(17)2/h4-8,10-11,14H,3,9,20H2,1-2H3,(H,21,22). The van der Waals surface area contributed by atoms with Crippen LogP contribution in [0.5, 0.6) is 0 Å². The van der Waals surface area contributed by atoms with E-state index in [1.165, 1.54) is 0 Å². The molecule has 0 bridgehead atoms. The van der Waals surface area contributed by atoms with Gasteiger partial charge in [-0.3, -0.25) is 4.79 Å². The number of hydrogen-bond acceptors (Lipinski definition) is 2. The lowest BCUT2D eigenvalue weighted by Crippen LogP contribution is -2.24. The lowest BCUT2D eigenvalue weighted by atomic mass is 9.96. The highest BCUT2D eigenvalue weighted by molar-refractivity contribution is 9.10. The Labute approximate surface area is 140 Å². The molecule has 0 aliphatic heterocycles. The Bertz CT molecular complexity index is 670. The summed E-state index contributed by atoms with van der Waals surface area (Å²) in [6, 6.07) is 13.6. The van der Waals surface area contributed by atoms with Crippen molar-refractivity contribution in [3.8, 4) is 0 Å². The molecule has 1 unspecified atom stereocenters. The van der Waals surface area contributed by atoms with Gasteiger partial charge in [-0.1, -0.05) is 41.1 Å². The predicted molar refractivity (Wildman–Crippen MR) is 95.8 cm³/mol. The first-order valence-corrected chi connectivity index (χ1v) is 8.20. The average molecular weight is 361 g/mol. The van der Waals surface area contributed by atoms with Crippen LogP contribution in [-0.2, 0) is 11.2 Å². The van der Waals surface area contributed by atoms with Crippen molar-refractivity contribution >= 4 is 33.2 Å². The van der Waals surface area contributed by atoms with Gasteiger partial charge in [-0.15, -0.1) is 0 Å². The van der Waals surface area contributed by atoms with Crippen LogP contribution in [0.1, 0.15) is 24.5 Å². The van der Waals surface area contributed by atoms with Crippen LogP contribution in [-0.4, -0.2) is 5.91 Å². The highest BCUT2D eigenvalue weighted by Crippen LogP contribution is 2.22. The molecule has 22 heavy (non-hydrogen) atoms. The Hall–Kier alpha value is -1.81. The lowest BCUT2D eigenvalue weighted by Gasteiger charge is -2.17. The van der Waals surface area contributed by atoms with E-state index >= 15 is 0 Å². The summed E-state index contributed by atoms with van der Waals surface area (Å²) in [6.45, 7) is 4.00. The maximum absolute atomic E-state index is 12.5. The number of hydrogen-bond donors (Lipinski definition) is 2. The second-order valence-electron chi connectivity index (χ2n) is 5.50. The van der Waals surface area contributed by atoms with Gasteiger partial charge in [0.2, 0.25) is 5.91 Å². The van der Waals surface area contributed by atoms with E-state index in [1.54, 1.807) is 6.07 Å². The minimum absolute atomic E-state index is 0.0381. The number of anilines is 2. The third kappa shape index (κ3) is 4.34. The van der Waals surface area contributed by atoms with Gasteiger partial charge in [0.15, 0.2) is 0 Å². The summed E-state index contributed by atoms with van der Waals surface area (Å²) in [5.41, 5.74) is 9.41. The topological polar surface area (TPSA) is 55.1 Å². The number of rotatable bonds is 5. The Morgan fingerprint density at radius 2 is 2.05 bits per heavy atom. The molecule has 2 aromatic rings. The number of aryl methyl sites for hydroxylation is 1. The Kier molecular flexibility index (Phi) is 5.61. The number of amides is 1. The molecular weight excluding hydrogens is 340 g/mol. The van der Waals surface area contributed by atoms with Gasteiger partial charge in [-0.25, -0.2) is 0 Å². The first-order chi connectivity index (χ1) is 10.5. The maximum atomic E-state index is 12.5. The molecule has 0 aliphatic rings. The highest BCUT2D eigenvalue weighted by atomic mass is 79.9. The molecule has 4 heteroatoms. The third-order valence-corrected chi connectivity index (χ3v) is 4.25. The summed E-state index contributed by atoms with van der Waals surface area (Å²) in [6.07, 6.45) is 1.52. The number of nitrogens with two attached hydrogens (primary N) is 1. The second kappa shape index (κ2) is 7.45. The van der Waals surface area contributed by atoms with Crippen molar-refractivity contribution in [3.63, 3.8) is 0 Å². The van der Waals surface area contributed by atoms with Crippen LogP contribution >= 0.6 is 15.9 Å². The molecule has 0 saturated carbocycles. The molecule has 0 fully saturated rings. The van der Waals surface area contributed by atoms with Gasteiger partial charge in [-0.2, -0.15) is 0 Å². The molecule has 0 aliphatic carbocycles. The average Bonchev–Trinajstić information content (AvgIpc) is 2.48. The van der Waals surface area contributed by atoms with Crippen LogP contribution in [0.15, 0.2) is 46.9 Å². The quantitative estimate of drug-likeness (QED) is 0.768. The van der Waals surface area contributed by atoms with E-state index in [4.69, 9.17) is 5.73 Å². The Balaban J connectivity index is 2.10. The third-order valence-electron chi connectivity index (χ3n) is 3.75. The van der Waals surface area contributed by atoms with Crippen LogP contribution in [0.3, 0.4) is 0 Å². The summed E-state index contributed by atoms with van der Waals surface area (Å²) < 4.78 is 1.03. The van der Waals surface area contributed by atoms with Crippen molar-refractivity contribution in [2.45, 2.75) is 26.7 Å². The van der Waals surface area contributed by atoms with Crippen molar-refractivity contribution in [1.82, 2.24) is 0 Å². The van der Waals surface area contributed by atoms with Gasteiger partial charge >= 0.3 is 0 Å². The van der Waals surface area contributed by atoms with Gasteiger partial charge in [0.25, 0.3) is 0 Å². The minimum atomic E-state index is -0.0601. The van der Waals surface area contributed by atoms with Crippen LogP contribution < -0.4 is 11.1 Å². The molecule has 0 aromatic heterocycles. The normalized spacial score (nSPS) is 12.0. The van der Waals surface area contributed by atoms with Gasteiger partial charge in [0.05, 0.1) is 0 Å². The Morgan fingerprint density at radius 3 is 2.73 bits per heavy atom. The molecule has 0 heterocycles. The zero-order valence-corrected chi connectivity index (χ0v) is 14.5. The first kappa shape index (κ1) is 16.6. The minimum Gasteiger partial charge on any atom is -0.399 e. The summed E-state index contributed by atoms with van der Waals surface area (Å²) >= 11 is 3.47. The summed E-state index contributed by atoms with van der Waals surface area (Å²) in [4.78, 5) is 12.5. The van der Waals surface area contributed by atoms with Crippen molar-refractivity contribution in [3.05, 3.63) is 58.1 Å². The van der Waals surface area contributed by atoms with Crippen molar-refractivity contribution in [1.29, 1.82) is 0 Å². The maximum Gasteiger partial charge on any atom is 0.227 e. The Morgan fingerprint density at radius 1 is 1.27 bits per heavy atom. The summed E-state index contributed by atoms with van der Waals surface area (Å²) in [7, 11) is 0. The molecule has 2 aromatic carbocycles. The summed E-state index contributed by atoms with van der Waals surface area (Å²) in [5, 5.41) is 3.01. The number of benzene rings is 2. The fourth-order valence-corrected chi connectivity index (χ4v) is 2.83. The number of carbonyl (C=O) groups excluding carboxylic acids is 1. The van der Waals surface area contributed by atoms with E-state index in [0.717, 1.165) is 34.1 Å². The second-order valence-corrected chi connectivity index (χ2v) is 6.42. The van der Waals surface area contributed by atoms with E-state index in [9.17, 15) is 4.79 Å². The van der Waals surface area contributed by atoms with Crippen LogP contribution in [0.4, 0.5) is 11.4 Å². The summed E-state index contributed by atoms with van der Waals surface area (Å²) in [5.74, 6) is -0.0219. The van der Waals surface area contributed by atoms with Crippen LogP contribution in [0, 0.1) is 12.8 Å². The zero-order chi connectivity index (χ0) is 16.1. The van der Waals surface area contributed by atoms with Crippen molar-refractivity contribution in [2.24, 2.45) is 5.92 Å². The van der Waals surface area contributed by atoms with Crippen molar-refractivity contribution in [2.75, 3.05) is 11.1 Å². The fourth-order valence-electron chi connectivity index (χ4n) is 2.38. The van der Waals surface area contributed by atoms with E-state index in [1.807, 2.05) is 44.2 Å². The molecular formula is C18H21BrN2O. The lowest BCUT2D eigenvalue weighted by molar-refractivity contribution is -0.119. The SMILES string of the molecule is CCC(Cc1cccc(Br)c1)C(=O)Nc1cc(N)ccc1C. The van der Waals surface area contributed by atoms with Crippen LogP contribution in [0.2, 0.25) is 0 Å². The molecule has 0 radical (unpaired) electrons. The smallest absolute Gasteiger partial charge is 0.227 e. The molecule has 0 saturated heterocycles. The zero-order valence-electron chi connectivity index (χ0n) is 12.9. The molecule has 116 valence electrons.